The van der Waals surface area contributed by atoms with Gasteiger partial charge >= 0.3 is 12.1 Å². The van der Waals surface area contributed by atoms with Crippen molar-refractivity contribution in [3.8, 4) is 5.75 Å². The van der Waals surface area contributed by atoms with E-state index in [1.807, 2.05) is 13.8 Å². The summed E-state index contributed by atoms with van der Waals surface area (Å²) in [6.45, 7) is 6.42. The number of halogens is 3. The van der Waals surface area contributed by atoms with Crippen LogP contribution in [0.1, 0.15) is 20.8 Å². The van der Waals surface area contributed by atoms with Crippen molar-refractivity contribution in [2.45, 2.75) is 27.0 Å². The molecule has 0 amide bonds. The van der Waals surface area contributed by atoms with Crippen molar-refractivity contribution in [2.75, 3.05) is 19.7 Å². The molecule has 0 spiro atoms. The zero-order chi connectivity index (χ0) is 17.4. The average Bonchev–Trinajstić information content (AvgIpc) is 2.49. The molecular weight excluding hydrogens is 381 g/mol. The molecule has 6 nitrogen and oxygen atoms in total. The second-order valence-electron chi connectivity index (χ2n) is 4.37. The summed E-state index contributed by atoms with van der Waals surface area (Å²) in [5.74, 6) is -0.619. The minimum absolute atomic E-state index is 0. The van der Waals surface area contributed by atoms with Crippen molar-refractivity contribution >= 4 is 47.7 Å². The summed E-state index contributed by atoms with van der Waals surface area (Å²) in [7, 11) is 0. The molecule has 24 heavy (non-hydrogen) atoms. The van der Waals surface area contributed by atoms with Gasteiger partial charge in [-0.05, 0) is 38.2 Å². The fourth-order valence-corrected chi connectivity index (χ4v) is 2.25. The zero-order valence-electron chi connectivity index (χ0n) is 13.6. The number of nitrogens with zero attached hydrogens (tertiary/aromatic N) is 1. The largest absolute Gasteiger partial charge is 0.516 e. The second-order valence-corrected chi connectivity index (χ2v) is 5.21. The molecule has 0 heterocycles. The summed E-state index contributed by atoms with van der Waals surface area (Å²) in [5, 5.41) is 0.689. The quantitative estimate of drug-likeness (QED) is 0.389. The normalized spacial score (nSPS) is 11.4. The van der Waals surface area contributed by atoms with Gasteiger partial charge in [0.05, 0.1) is 11.6 Å². The molecule has 1 rings (SSSR count). The van der Waals surface area contributed by atoms with E-state index < -0.39 is 18.4 Å². The number of benzene rings is 1. The van der Waals surface area contributed by atoms with Crippen LogP contribution >= 0.6 is 35.6 Å². The summed E-state index contributed by atoms with van der Waals surface area (Å²) < 4.78 is 14.9. The molecule has 0 aliphatic heterocycles. The first-order valence-corrected chi connectivity index (χ1v) is 7.92. The van der Waals surface area contributed by atoms with Gasteiger partial charge in [-0.2, -0.15) is 0 Å². The van der Waals surface area contributed by atoms with E-state index in [0.717, 1.165) is 0 Å². The summed E-state index contributed by atoms with van der Waals surface area (Å²) in [6.07, 6.45) is -2.20. The molecule has 1 atom stereocenters. The Morgan fingerprint density at radius 3 is 2.29 bits per heavy atom. The molecule has 0 bridgehead atoms. The van der Waals surface area contributed by atoms with Gasteiger partial charge in [0, 0.05) is 5.02 Å². The first-order chi connectivity index (χ1) is 10.9. The van der Waals surface area contributed by atoms with E-state index in [0.29, 0.717) is 18.1 Å². The van der Waals surface area contributed by atoms with Gasteiger partial charge in [0.2, 0.25) is 0 Å². The minimum Gasteiger partial charge on any atom is -0.462 e. The van der Waals surface area contributed by atoms with Crippen molar-refractivity contribution in [3.63, 3.8) is 0 Å². The van der Waals surface area contributed by atoms with Crippen LogP contribution in [0.15, 0.2) is 18.2 Å². The van der Waals surface area contributed by atoms with Gasteiger partial charge in [0.15, 0.2) is 0 Å². The van der Waals surface area contributed by atoms with Gasteiger partial charge in [-0.3, -0.25) is 4.90 Å². The molecule has 0 aliphatic carbocycles. The van der Waals surface area contributed by atoms with Gasteiger partial charge < -0.3 is 14.2 Å². The van der Waals surface area contributed by atoms with E-state index in [-0.39, 0.29) is 29.8 Å². The van der Waals surface area contributed by atoms with Gasteiger partial charge in [-0.25, -0.2) is 9.59 Å². The Hall–Kier alpha value is -1.21. The van der Waals surface area contributed by atoms with Crippen molar-refractivity contribution in [1.82, 2.24) is 4.90 Å². The number of rotatable bonds is 7. The van der Waals surface area contributed by atoms with Gasteiger partial charge in [-0.1, -0.05) is 37.0 Å². The molecule has 0 aromatic heterocycles. The van der Waals surface area contributed by atoms with Crippen LogP contribution in [-0.4, -0.2) is 42.9 Å². The topological polar surface area (TPSA) is 65.1 Å². The number of carbonyl (C=O) groups is 2. The zero-order valence-corrected chi connectivity index (χ0v) is 15.9. The van der Waals surface area contributed by atoms with Crippen LogP contribution in [0.3, 0.4) is 0 Å². The van der Waals surface area contributed by atoms with E-state index >= 15 is 0 Å². The monoisotopic (exact) mass is 399 g/mol. The molecule has 1 unspecified atom stereocenters. The van der Waals surface area contributed by atoms with E-state index in [1.165, 1.54) is 6.07 Å². The second kappa shape index (κ2) is 11.4. The molecule has 0 radical (unpaired) electrons. The van der Waals surface area contributed by atoms with Gasteiger partial charge in [-0.15, -0.1) is 12.4 Å². The maximum Gasteiger partial charge on any atom is 0.516 e. The lowest BCUT2D eigenvalue weighted by molar-refractivity contribution is -0.157. The summed E-state index contributed by atoms with van der Waals surface area (Å²) in [6, 6.07) is 4.62. The Balaban J connectivity index is 0.00000529. The highest BCUT2D eigenvalue weighted by molar-refractivity contribution is 6.35. The smallest absolute Gasteiger partial charge is 0.462 e. The summed E-state index contributed by atoms with van der Waals surface area (Å²) >= 11 is 11.9. The number of hydrogen-bond acceptors (Lipinski definition) is 6. The average molecular weight is 401 g/mol. The van der Waals surface area contributed by atoms with E-state index in [9.17, 15) is 9.59 Å². The van der Waals surface area contributed by atoms with Gasteiger partial charge in [0.25, 0.3) is 6.23 Å². The first kappa shape index (κ1) is 22.8. The summed E-state index contributed by atoms with van der Waals surface area (Å²) in [5.41, 5.74) is 0. The molecule has 0 fully saturated rings. The Labute approximate surface area is 157 Å². The Kier molecular flexibility index (Phi) is 10.8. The van der Waals surface area contributed by atoms with Gasteiger partial charge in [0.1, 0.15) is 5.75 Å². The third kappa shape index (κ3) is 6.73. The fraction of sp³-hybridized carbons (Fsp3) is 0.467. The Bertz CT molecular complexity index is 552. The first-order valence-electron chi connectivity index (χ1n) is 7.17. The third-order valence-corrected chi connectivity index (χ3v) is 3.45. The van der Waals surface area contributed by atoms with Crippen LogP contribution in [0.25, 0.3) is 0 Å². The lowest BCUT2D eigenvalue weighted by Crippen LogP contribution is -2.46. The number of hydrogen-bond donors (Lipinski definition) is 0. The maximum absolute atomic E-state index is 12.2. The van der Waals surface area contributed by atoms with Crippen molar-refractivity contribution < 1.29 is 23.8 Å². The van der Waals surface area contributed by atoms with Crippen molar-refractivity contribution in [1.29, 1.82) is 0 Å². The molecule has 1 aromatic rings. The van der Waals surface area contributed by atoms with Crippen LogP contribution < -0.4 is 4.74 Å². The van der Waals surface area contributed by atoms with Crippen molar-refractivity contribution in [3.05, 3.63) is 28.2 Å². The van der Waals surface area contributed by atoms with E-state index in [1.54, 1.807) is 24.0 Å². The van der Waals surface area contributed by atoms with Crippen LogP contribution in [0.2, 0.25) is 10.0 Å². The van der Waals surface area contributed by atoms with E-state index in [4.69, 9.17) is 27.9 Å². The Morgan fingerprint density at radius 1 is 1.17 bits per heavy atom. The Morgan fingerprint density at radius 2 is 1.79 bits per heavy atom. The summed E-state index contributed by atoms with van der Waals surface area (Å²) in [4.78, 5) is 25.2. The molecule has 0 saturated heterocycles. The molecule has 0 saturated carbocycles. The number of likely N-dealkylation sites (N-methyl/N-ethyl adjacent to an activating group) is 1. The van der Waals surface area contributed by atoms with E-state index in [2.05, 4.69) is 9.47 Å². The molecule has 136 valence electrons. The maximum atomic E-state index is 12.2. The standard InChI is InChI=1S/C15H19Cl2NO5.ClH/c1-4-18(5-2)13(14(19)23-15(20)21-6-3)22-12-8-7-10(16)9-11(12)17;/h7-9,13H,4-6H2,1-3H3;1H. The molecule has 0 N–H and O–H groups in total. The van der Waals surface area contributed by atoms with Crippen LogP contribution in [0, 0.1) is 0 Å². The fourth-order valence-electron chi connectivity index (χ4n) is 1.80. The highest BCUT2D eigenvalue weighted by atomic mass is 35.5. The highest BCUT2D eigenvalue weighted by Gasteiger charge is 2.30. The molecule has 9 heteroatoms. The lowest BCUT2D eigenvalue weighted by atomic mass is 10.3. The lowest BCUT2D eigenvalue weighted by Gasteiger charge is -2.27. The predicted octanol–water partition coefficient (Wildman–Crippen LogP) is 4.16. The molecule has 0 aliphatic rings. The van der Waals surface area contributed by atoms with Crippen molar-refractivity contribution in [2.24, 2.45) is 0 Å². The highest BCUT2D eigenvalue weighted by Crippen LogP contribution is 2.29. The number of esters is 1. The third-order valence-electron chi connectivity index (χ3n) is 2.92. The number of carbonyl (C=O) groups excluding carboxylic acids is 2. The van der Waals surface area contributed by atoms with Crippen LogP contribution in [-0.2, 0) is 14.3 Å². The SMILES string of the molecule is CCOC(=O)OC(=O)C(Oc1ccc(Cl)cc1Cl)N(CC)CC.Cl. The predicted molar refractivity (Wildman–Crippen MR) is 94.2 cm³/mol. The minimum atomic E-state index is -1.13. The van der Waals surface area contributed by atoms with Crippen LogP contribution in [0.5, 0.6) is 5.75 Å². The molecular formula is C15H20Cl3NO5. The molecule has 1 aromatic carbocycles. The van der Waals surface area contributed by atoms with Crippen LogP contribution in [0.4, 0.5) is 4.79 Å². The number of ether oxygens (including phenoxy) is 3.